The summed E-state index contributed by atoms with van der Waals surface area (Å²) >= 11 is 0. The predicted molar refractivity (Wildman–Crippen MR) is 102 cm³/mol. The highest BCUT2D eigenvalue weighted by atomic mass is 16.5. The van der Waals surface area contributed by atoms with Gasteiger partial charge in [-0.1, -0.05) is 6.07 Å². The molecule has 0 atom stereocenters. The van der Waals surface area contributed by atoms with Gasteiger partial charge in [0.25, 0.3) is 0 Å². The van der Waals surface area contributed by atoms with Gasteiger partial charge in [-0.2, -0.15) is 0 Å². The number of carbonyl (C=O) groups is 1. The van der Waals surface area contributed by atoms with Crippen molar-refractivity contribution >= 4 is 16.9 Å². The number of rotatable bonds is 4. The lowest BCUT2D eigenvalue weighted by Gasteiger charge is -2.28. The predicted octanol–water partition coefficient (Wildman–Crippen LogP) is 2.77. The van der Waals surface area contributed by atoms with Crippen molar-refractivity contribution in [3.8, 4) is 11.5 Å². The van der Waals surface area contributed by atoms with E-state index in [1.807, 2.05) is 35.2 Å². The summed E-state index contributed by atoms with van der Waals surface area (Å²) in [6.45, 7) is 1.25. The fourth-order valence-electron chi connectivity index (χ4n) is 3.45. The Morgan fingerprint density at radius 1 is 1.15 bits per heavy atom. The molecule has 0 bridgehead atoms. The largest absolute Gasteiger partial charge is 0.493 e. The molecular weight excluding hydrogens is 342 g/mol. The van der Waals surface area contributed by atoms with Gasteiger partial charge < -0.3 is 14.4 Å². The van der Waals surface area contributed by atoms with E-state index in [1.165, 1.54) is 0 Å². The molecule has 1 aliphatic rings. The number of amides is 1. The van der Waals surface area contributed by atoms with Gasteiger partial charge in [0.2, 0.25) is 5.91 Å². The first-order valence-electron chi connectivity index (χ1n) is 8.90. The van der Waals surface area contributed by atoms with Crippen molar-refractivity contribution in [1.29, 1.82) is 0 Å². The Balaban J connectivity index is 1.51. The van der Waals surface area contributed by atoms with Crippen LogP contribution >= 0.6 is 0 Å². The number of ether oxygens (including phenoxy) is 2. The van der Waals surface area contributed by atoms with Crippen LogP contribution in [0.25, 0.3) is 11.0 Å². The number of hydrogen-bond acceptors (Lipinski definition) is 5. The van der Waals surface area contributed by atoms with Crippen molar-refractivity contribution in [3.05, 3.63) is 59.4 Å². The summed E-state index contributed by atoms with van der Waals surface area (Å²) in [5.41, 5.74) is 3.81. The van der Waals surface area contributed by atoms with Gasteiger partial charge in [-0.05, 0) is 41.5 Å². The van der Waals surface area contributed by atoms with E-state index in [4.69, 9.17) is 9.47 Å². The van der Waals surface area contributed by atoms with Crippen LogP contribution in [-0.2, 0) is 24.2 Å². The second kappa shape index (κ2) is 7.23. The standard InChI is InChI=1S/C21H21N3O3/c1-26-18-6-5-14(10-19(18)27-2)11-20(25)24-9-7-17-16(13-24)12-15-4-3-8-22-21(15)23-17/h3-6,8,10,12H,7,9,11,13H2,1-2H3. The molecule has 6 nitrogen and oxygen atoms in total. The fourth-order valence-corrected chi connectivity index (χ4v) is 3.45. The average Bonchev–Trinajstić information content (AvgIpc) is 2.71. The molecule has 4 rings (SSSR count). The van der Waals surface area contributed by atoms with Crippen LogP contribution in [0.2, 0.25) is 0 Å². The molecule has 0 spiro atoms. The molecule has 0 saturated heterocycles. The molecule has 1 aromatic carbocycles. The maximum Gasteiger partial charge on any atom is 0.227 e. The summed E-state index contributed by atoms with van der Waals surface area (Å²) in [6.07, 6.45) is 2.83. The minimum Gasteiger partial charge on any atom is -0.493 e. The zero-order valence-electron chi connectivity index (χ0n) is 15.4. The number of carbonyl (C=O) groups excluding carboxylic acids is 1. The van der Waals surface area contributed by atoms with E-state index >= 15 is 0 Å². The Labute approximate surface area is 157 Å². The van der Waals surface area contributed by atoms with Crippen molar-refractivity contribution in [2.45, 2.75) is 19.4 Å². The van der Waals surface area contributed by atoms with Gasteiger partial charge in [0.05, 0.1) is 20.6 Å². The highest BCUT2D eigenvalue weighted by Gasteiger charge is 2.22. The number of pyridine rings is 2. The number of nitrogens with zero attached hydrogens (tertiary/aromatic N) is 3. The molecule has 6 heteroatoms. The van der Waals surface area contributed by atoms with Crippen LogP contribution in [0.5, 0.6) is 11.5 Å². The third kappa shape index (κ3) is 3.43. The Hall–Kier alpha value is -3.15. The number of aromatic nitrogens is 2. The molecule has 138 valence electrons. The van der Waals surface area contributed by atoms with Crippen LogP contribution in [0.4, 0.5) is 0 Å². The van der Waals surface area contributed by atoms with E-state index < -0.39 is 0 Å². The van der Waals surface area contributed by atoms with E-state index in [0.29, 0.717) is 31.0 Å². The number of fused-ring (bicyclic) bond motifs is 2. The lowest BCUT2D eigenvalue weighted by molar-refractivity contribution is -0.131. The molecule has 1 amide bonds. The van der Waals surface area contributed by atoms with Crippen molar-refractivity contribution in [1.82, 2.24) is 14.9 Å². The zero-order valence-corrected chi connectivity index (χ0v) is 15.4. The van der Waals surface area contributed by atoms with E-state index in [9.17, 15) is 4.79 Å². The van der Waals surface area contributed by atoms with Gasteiger partial charge in [-0.15, -0.1) is 0 Å². The first kappa shape index (κ1) is 17.3. The summed E-state index contributed by atoms with van der Waals surface area (Å²) in [5, 5.41) is 1.01. The summed E-state index contributed by atoms with van der Waals surface area (Å²) < 4.78 is 10.6. The minimum absolute atomic E-state index is 0.0964. The van der Waals surface area contributed by atoms with Gasteiger partial charge >= 0.3 is 0 Å². The summed E-state index contributed by atoms with van der Waals surface area (Å²) in [4.78, 5) is 23.7. The number of benzene rings is 1. The van der Waals surface area contributed by atoms with E-state index in [0.717, 1.165) is 34.3 Å². The van der Waals surface area contributed by atoms with Gasteiger partial charge in [-0.25, -0.2) is 9.97 Å². The van der Waals surface area contributed by atoms with Crippen LogP contribution < -0.4 is 9.47 Å². The van der Waals surface area contributed by atoms with Crippen LogP contribution in [0.1, 0.15) is 16.8 Å². The Morgan fingerprint density at radius 3 is 2.81 bits per heavy atom. The average molecular weight is 363 g/mol. The molecule has 3 aromatic rings. The quantitative estimate of drug-likeness (QED) is 0.713. The maximum absolute atomic E-state index is 12.8. The summed E-state index contributed by atoms with van der Waals surface area (Å²) in [7, 11) is 3.19. The van der Waals surface area contributed by atoms with Gasteiger partial charge in [0.15, 0.2) is 17.1 Å². The monoisotopic (exact) mass is 363 g/mol. The van der Waals surface area contributed by atoms with Gasteiger partial charge in [0.1, 0.15) is 0 Å². The highest BCUT2D eigenvalue weighted by Crippen LogP contribution is 2.28. The third-order valence-corrected chi connectivity index (χ3v) is 4.89. The zero-order chi connectivity index (χ0) is 18.8. The molecule has 3 heterocycles. The minimum atomic E-state index is 0.0964. The Kier molecular flexibility index (Phi) is 4.62. The molecule has 0 N–H and O–H groups in total. The SMILES string of the molecule is COc1ccc(CC(=O)N2CCc3nc4ncccc4cc3C2)cc1OC. The fraction of sp³-hybridized carbons (Fsp3) is 0.286. The molecule has 0 radical (unpaired) electrons. The lowest BCUT2D eigenvalue weighted by Crippen LogP contribution is -2.37. The first-order chi connectivity index (χ1) is 13.2. The summed E-state index contributed by atoms with van der Waals surface area (Å²) in [5.74, 6) is 1.39. The van der Waals surface area contributed by atoms with Crippen LogP contribution in [-0.4, -0.2) is 41.5 Å². The Morgan fingerprint density at radius 2 is 2.00 bits per heavy atom. The molecule has 0 fully saturated rings. The highest BCUT2D eigenvalue weighted by molar-refractivity contribution is 5.80. The molecule has 27 heavy (non-hydrogen) atoms. The van der Waals surface area contributed by atoms with Crippen molar-refractivity contribution in [2.75, 3.05) is 20.8 Å². The molecule has 0 aliphatic carbocycles. The number of hydrogen-bond donors (Lipinski definition) is 0. The van der Waals surface area contributed by atoms with E-state index in [1.54, 1.807) is 20.4 Å². The molecule has 0 unspecified atom stereocenters. The molecular formula is C21H21N3O3. The number of methoxy groups -OCH3 is 2. The van der Waals surface area contributed by atoms with E-state index in [-0.39, 0.29) is 5.91 Å². The first-order valence-corrected chi connectivity index (χ1v) is 8.90. The van der Waals surface area contributed by atoms with E-state index in [2.05, 4.69) is 16.0 Å². The van der Waals surface area contributed by atoms with Crippen molar-refractivity contribution in [2.24, 2.45) is 0 Å². The second-order valence-corrected chi connectivity index (χ2v) is 6.58. The van der Waals surface area contributed by atoms with Crippen molar-refractivity contribution < 1.29 is 14.3 Å². The topological polar surface area (TPSA) is 64.5 Å². The van der Waals surface area contributed by atoms with Gasteiger partial charge in [0, 0.05) is 36.8 Å². The second-order valence-electron chi connectivity index (χ2n) is 6.58. The normalized spacial score (nSPS) is 13.3. The van der Waals surface area contributed by atoms with Crippen LogP contribution in [0, 0.1) is 0 Å². The molecule has 1 aliphatic heterocycles. The third-order valence-electron chi connectivity index (χ3n) is 4.89. The molecule has 2 aromatic heterocycles. The molecule has 0 saturated carbocycles. The Bertz CT molecular complexity index is 1000. The van der Waals surface area contributed by atoms with Crippen LogP contribution in [0.15, 0.2) is 42.6 Å². The smallest absolute Gasteiger partial charge is 0.227 e. The van der Waals surface area contributed by atoms with Crippen LogP contribution in [0.3, 0.4) is 0 Å². The van der Waals surface area contributed by atoms with Gasteiger partial charge in [-0.3, -0.25) is 4.79 Å². The maximum atomic E-state index is 12.8. The lowest BCUT2D eigenvalue weighted by atomic mass is 10.0. The summed E-state index contributed by atoms with van der Waals surface area (Å²) in [6, 6.07) is 11.6. The van der Waals surface area contributed by atoms with Crippen molar-refractivity contribution in [3.63, 3.8) is 0 Å².